The summed E-state index contributed by atoms with van der Waals surface area (Å²) in [7, 11) is 1.38. The summed E-state index contributed by atoms with van der Waals surface area (Å²) in [5.74, 6) is 0.372. The Morgan fingerprint density at radius 2 is 1.89 bits per heavy atom. The molecule has 5 rings (SSSR count). The molecule has 4 heterocycles. The molecule has 1 aromatic carbocycles. The molecule has 0 unspecified atom stereocenters. The van der Waals surface area contributed by atoms with Gasteiger partial charge in [0.25, 0.3) is 5.91 Å². The number of fused-ring (bicyclic) bond motifs is 1. The summed E-state index contributed by atoms with van der Waals surface area (Å²) in [5, 5.41) is 6.72. The van der Waals surface area contributed by atoms with Crippen LogP contribution in [-0.2, 0) is 11.0 Å². The summed E-state index contributed by atoms with van der Waals surface area (Å²) < 4.78 is 43.3. The third-order valence-corrected chi connectivity index (χ3v) is 6.08. The van der Waals surface area contributed by atoms with E-state index in [-0.39, 0.29) is 28.5 Å². The molecule has 9 nitrogen and oxygen atoms in total. The number of carbonyl (C=O) groups is 2. The Balaban J connectivity index is 1.62. The highest BCUT2D eigenvalue weighted by atomic mass is 19.4. The molecule has 0 atom stereocenters. The van der Waals surface area contributed by atoms with E-state index >= 15 is 0 Å². The monoisotopic (exact) mass is 509 g/mol. The molecule has 0 saturated carbocycles. The van der Waals surface area contributed by atoms with Gasteiger partial charge in [-0.3, -0.25) is 19.1 Å². The summed E-state index contributed by atoms with van der Waals surface area (Å²) in [6.45, 7) is 1.82. The molecule has 3 aromatic heterocycles. The van der Waals surface area contributed by atoms with Gasteiger partial charge in [0.2, 0.25) is 5.91 Å². The Morgan fingerprint density at radius 1 is 1.14 bits per heavy atom. The van der Waals surface area contributed by atoms with Crippen molar-refractivity contribution in [3.8, 4) is 5.69 Å². The van der Waals surface area contributed by atoms with Gasteiger partial charge in [0.05, 0.1) is 23.1 Å². The number of amides is 2. The van der Waals surface area contributed by atoms with Crippen molar-refractivity contribution >= 4 is 35.4 Å². The molecule has 37 heavy (non-hydrogen) atoms. The van der Waals surface area contributed by atoms with Gasteiger partial charge < -0.3 is 5.32 Å². The fourth-order valence-corrected chi connectivity index (χ4v) is 4.27. The van der Waals surface area contributed by atoms with Crippen LogP contribution in [-0.4, -0.2) is 49.6 Å². The maximum Gasteiger partial charge on any atom is 0.435 e. The normalized spacial score (nSPS) is 14.3. The van der Waals surface area contributed by atoms with Crippen molar-refractivity contribution in [3.63, 3.8) is 0 Å². The first-order chi connectivity index (χ1) is 17.7. The standard InChI is InChI=1S/C25H22F3N7O2/c1-15-22(25(26,27)28)31-23-18(24(37)29-2)13-16(32-35(15)23)10-11-19-30-20(33-12-6-9-21(33)36)14-34(19)17-7-4-3-5-8-17/h3-5,7-8,10-11,13-14H,6,9,12H2,1-2H3,(H,29,37). The number of rotatable bonds is 5. The number of aromatic nitrogens is 5. The zero-order valence-corrected chi connectivity index (χ0v) is 20.0. The van der Waals surface area contributed by atoms with Gasteiger partial charge >= 0.3 is 6.18 Å². The molecule has 12 heteroatoms. The van der Waals surface area contributed by atoms with Crippen LogP contribution in [0.2, 0.25) is 0 Å². The average molecular weight is 509 g/mol. The Hall–Kier alpha value is -4.48. The van der Waals surface area contributed by atoms with Crippen LogP contribution >= 0.6 is 0 Å². The molecular weight excluding hydrogens is 487 g/mol. The number of anilines is 1. The van der Waals surface area contributed by atoms with Crippen LogP contribution < -0.4 is 10.2 Å². The molecule has 1 fully saturated rings. The first-order valence-electron chi connectivity index (χ1n) is 11.5. The molecule has 1 aliphatic rings. The number of nitrogens with one attached hydrogen (secondary N) is 1. The molecule has 4 aromatic rings. The number of nitrogens with zero attached hydrogens (tertiary/aromatic N) is 6. The molecule has 0 bridgehead atoms. The summed E-state index contributed by atoms with van der Waals surface area (Å²) in [5.41, 5.74) is -0.550. The Bertz CT molecular complexity index is 1540. The fraction of sp³-hybridized carbons (Fsp3) is 0.240. The zero-order valence-electron chi connectivity index (χ0n) is 20.0. The topological polar surface area (TPSA) is 97.4 Å². The Labute approximate surface area is 209 Å². The van der Waals surface area contributed by atoms with Gasteiger partial charge in [0.1, 0.15) is 5.82 Å². The van der Waals surface area contributed by atoms with Crippen LogP contribution in [0.4, 0.5) is 19.0 Å². The molecule has 0 radical (unpaired) electrons. The van der Waals surface area contributed by atoms with Crippen LogP contribution in [0.25, 0.3) is 23.5 Å². The second kappa shape index (κ2) is 9.19. The minimum absolute atomic E-state index is 0.00775. The van der Waals surface area contributed by atoms with E-state index in [1.807, 2.05) is 30.3 Å². The zero-order chi connectivity index (χ0) is 26.3. The Morgan fingerprint density at radius 3 is 2.54 bits per heavy atom. The third-order valence-electron chi connectivity index (χ3n) is 6.08. The fourth-order valence-electron chi connectivity index (χ4n) is 4.27. The lowest BCUT2D eigenvalue weighted by Gasteiger charge is -2.10. The smallest absolute Gasteiger partial charge is 0.355 e. The minimum Gasteiger partial charge on any atom is -0.355 e. The highest BCUT2D eigenvalue weighted by molar-refractivity contribution is 6.00. The van der Waals surface area contributed by atoms with Gasteiger partial charge in [-0.25, -0.2) is 14.5 Å². The van der Waals surface area contributed by atoms with E-state index in [1.165, 1.54) is 20.0 Å². The number of hydrogen-bond acceptors (Lipinski definition) is 5. The van der Waals surface area contributed by atoms with Crippen LogP contribution in [0.15, 0.2) is 42.6 Å². The average Bonchev–Trinajstić information content (AvgIpc) is 3.59. The van der Waals surface area contributed by atoms with E-state index in [0.717, 1.165) is 16.6 Å². The summed E-state index contributed by atoms with van der Waals surface area (Å²) >= 11 is 0. The number of imidazole rings is 2. The summed E-state index contributed by atoms with van der Waals surface area (Å²) in [6.07, 6.45) is 1.46. The van der Waals surface area contributed by atoms with E-state index in [9.17, 15) is 22.8 Å². The number of hydrogen-bond donors (Lipinski definition) is 1. The van der Waals surface area contributed by atoms with E-state index in [0.29, 0.717) is 24.6 Å². The maximum atomic E-state index is 13.5. The van der Waals surface area contributed by atoms with E-state index < -0.39 is 17.8 Å². The number of para-hydroxylation sites is 1. The molecule has 1 N–H and O–H groups in total. The number of aryl methyl sites for hydroxylation is 1. The summed E-state index contributed by atoms with van der Waals surface area (Å²) in [6, 6.07) is 10.8. The second-order valence-corrected chi connectivity index (χ2v) is 8.49. The second-order valence-electron chi connectivity index (χ2n) is 8.49. The predicted molar refractivity (Wildman–Crippen MR) is 130 cm³/mol. The van der Waals surface area contributed by atoms with Crippen molar-refractivity contribution in [2.45, 2.75) is 25.9 Å². The van der Waals surface area contributed by atoms with Gasteiger partial charge in [0, 0.05) is 25.7 Å². The first kappa shape index (κ1) is 24.2. The van der Waals surface area contributed by atoms with Crippen molar-refractivity contribution in [3.05, 3.63) is 71.1 Å². The van der Waals surface area contributed by atoms with Gasteiger partial charge in [-0.1, -0.05) is 18.2 Å². The number of alkyl halides is 3. The van der Waals surface area contributed by atoms with E-state index in [4.69, 9.17) is 0 Å². The highest BCUT2D eigenvalue weighted by Gasteiger charge is 2.37. The van der Waals surface area contributed by atoms with Gasteiger partial charge in [-0.15, -0.1) is 0 Å². The predicted octanol–water partition coefficient (Wildman–Crippen LogP) is 3.90. The molecular formula is C25H22F3N7O2. The van der Waals surface area contributed by atoms with Crippen LogP contribution in [0.1, 0.15) is 46.1 Å². The minimum atomic E-state index is -4.70. The largest absolute Gasteiger partial charge is 0.435 e. The lowest BCUT2D eigenvalue weighted by atomic mass is 10.2. The number of benzene rings is 1. The van der Waals surface area contributed by atoms with Gasteiger partial charge in [-0.2, -0.15) is 18.3 Å². The van der Waals surface area contributed by atoms with Crippen LogP contribution in [0.3, 0.4) is 0 Å². The molecule has 190 valence electrons. The van der Waals surface area contributed by atoms with Gasteiger partial charge in [-0.05, 0) is 43.7 Å². The SMILES string of the molecule is CNC(=O)c1cc(C=Cc2nc(N3CCCC3=O)cn2-c2ccccc2)nn2c(C)c(C(F)(F)F)nc12. The Kier molecular flexibility index (Phi) is 6.02. The van der Waals surface area contributed by atoms with Crippen molar-refractivity contribution < 1.29 is 22.8 Å². The molecule has 0 spiro atoms. The number of halogens is 3. The summed E-state index contributed by atoms with van der Waals surface area (Å²) in [4.78, 5) is 34.7. The molecule has 1 aliphatic heterocycles. The number of carbonyl (C=O) groups excluding carboxylic acids is 2. The van der Waals surface area contributed by atoms with Crippen molar-refractivity contribution in [2.24, 2.45) is 0 Å². The van der Waals surface area contributed by atoms with E-state index in [1.54, 1.807) is 27.8 Å². The lowest BCUT2D eigenvalue weighted by molar-refractivity contribution is -0.141. The van der Waals surface area contributed by atoms with Crippen LogP contribution in [0.5, 0.6) is 0 Å². The van der Waals surface area contributed by atoms with Crippen molar-refractivity contribution in [2.75, 3.05) is 18.5 Å². The van der Waals surface area contributed by atoms with Crippen LogP contribution in [0, 0.1) is 6.92 Å². The van der Waals surface area contributed by atoms with Gasteiger partial charge in [0.15, 0.2) is 17.2 Å². The molecule has 0 aliphatic carbocycles. The first-order valence-corrected chi connectivity index (χ1v) is 11.5. The van der Waals surface area contributed by atoms with Crippen molar-refractivity contribution in [1.29, 1.82) is 0 Å². The third kappa shape index (κ3) is 4.46. The lowest BCUT2D eigenvalue weighted by Crippen LogP contribution is -2.23. The highest BCUT2D eigenvalue weighted by Crippen LogP contribution is 2.32. The van der Waals surface area contributed by atoms with E-state index in [2.05, 4.69) is 20.4 Å². The van der Waals surface area contributed by atoms with Crippen molar-refractivity contribution in [1.82, 2.24) is 29.5 Å². The quantitative estimate of drug-likeness (QED) is 0.440. The molecule has 2 amide bonds. The maximum absolute atomic E-state index is 13.5. The molecule has 1 saturated heterocycles.